The van der Waals surface area contributed by atoms with E-state index in [4.69, 9.17) is 5.73 Å². The summed E-state index contributed by atoms with van der Waals surface area (Å²) in [7, 11) is 0. The molecule has 0 bridgehead atoms. The van der Waals surface area contributed by atoms with E-state index in [1.807, 2.05) is 18.2 Å². The zero-order valence-corrected chi connectivity index (χ0v) is 11.2. The Morgan fingerprint density at radius 3 is 2.67 bits per heavy atom. The van der Waals surface area contributed by atoms with Crippen molar-refractivity contribution in [2.75, 3.05) is 0 Å². The van der Waals surface area contributed by atoms with E-state index in [2.05, 4.69) is 13.0 Å². The van der Waals surface area contributed by atoms with Crippen molar-refractivity contribution in [3.05, 3.63) is 35.4 Å². The van der Waals surface area contributed by atoms with Gasteiger partial charge in [0.1, 0.15) is 0 Å². The number of ketones is 1. The van der Waals surface area contributed by atoms with E-state index in [0.29, 0.717) is 0 Å². The van der Waals surface area contributed by atoms with Crippen LogP contribution < -0.4 is 5.73 Å². The van der Waals surface area contributed by atoms with Crippen molar-refractivity contribution in [2.45, 2.75) is 57.4 Å². The summed E-state index contributed by atoms with van der Waals surface area (Å²) < 4.78 is 0. The molecule has 2 rings (SSSR count). The third-order valence-electron chi connectivity index (χ3n) is 3.93. The quantitative estimate of drug-likeness (QED) is 0.825. The lowest BCUT2D eigenvalue weighted by Crippen LogP contribution is -2.49. The van der Waals surface area contributed by atoms with Crippen LogP contribution in [0.2, 0.25) is 0 Å². The summed E-state index contributed by atoms with van der Waals surface area (Å²) in [5, 5.41) is 0. The Labute approximate surface area is 110 Å². The molecule has 1 aliphatic rings. The van der Waals surface area contributed by atoms with Gasteiger partial charge < -0.3 is 5.73 Å². The highest BCUT2D eigenvalue weighted by atomic mass is 16.1. The van der Waals surface area contributed by atoms with Gasteiger partial charge in [0.2, 0.25) is 0 Å². The lowest BCUT2D eigenvalue weighted by atomic mass is 9.77. The van der Waals surface area contributed by atoms with E-state index in [1.165, 1.54) is 12.0 Å². The van der Waals surface area contributed by atoms with E-state index in [-0.39, 0.29) is 5.78 Å². The second-order valence-corrected chi connectivity index (χ2v) is 5.50. The summed E-state index contributed by atoms with van der Waals surface area (Å²) in [6.07, 6.45) is 7.17. The Morgan fingerprint density at radius 1 is 1.28 bits per heavy atom. The highest BCUT2D eigenvalue weighted by Crippen LogP contribution is 2.29. The number of rotatable bonds is 4. The minimum Gasteiger partial charge on any atom is -0.319 e. The average Bonchev–Trinajstić information content (AvgIpc) is 2.39. The number of carbonyl (C=O) groups is 1. The first-order chi connectivity index (χ1) is 8.65. The molecule has 1 saturated carbocycles. The zero-order valence-electron chi connectivity index (χ0n) is 11.2. The van der Waals surface area contributed by atoms with Crippen LogP contribution in [0.4, 0.5) is 0 Å². The molecule has 0 spiro atoms. The van der Waals surface area contributed by atoms with Gasteiger partial charge in [-0.25, -0.2) is 0 Å². The topological polar surface area (TPSA) is 43.1 Å². The van der Waals surface area contributed by atoms with Crippen LogP contribution >= 0.6 is 0 Å². The van der Waals surface area contributed by atoms with Gasteiger partial charge in [-0.1, -0.05) is 50.8 Å². The summed E-state index contributed by atoms with van der Waals surface area (Å²) in [5.41, 5.74) is 7.74. The third kappa shape index (κ3) is 2.81. The molecule has 0 heterocycles. The van der Waals surface area contributed by atoms with E-state index in [0.717, 1.165) is 44.1 Å². The normalized spacial score (nSPS) is 18.6. The first-order valence-corrected chi connectivity index (χ1v) is 7.08. The summed E-state index contributed by atoms with van der Waals surface area (Å²) in [6, 6.07) is 7.99. The fraction of sp³-hybridized carbons (Fsp3) is 0.562. The molecule has 0 radical (unpaired) electrons. The molecule has 0 aromatic heterocycles. The number of benzene rings is 1. The van der Waals surface area contributed by atoms with Gasteiger partial charge in [0.05, 0.1) is 5.54 Å². The molecule has 98 valence electrons. The van der Waals surface area contributed by atoms with E-state index >= 15 is 0 Å². The Kier molecular flexibility index (Phi) is 4.18. The standard InChI is InChI=1S/C16H23NO/c1-2-7-13-8-6-9-14(12-13)15(18)16(17)10-4-3-5-11-16/h6,8-9,12H,2-5,7,10-11,17H2,1H3. The molecule has 1 aromatic rings. The maximum atomic E-state index is 12.6. The average molecular weight is 245 g/mol. The van der Waals surface area contributed by atoms with E-state index < -0.39 is 5.54 Å². The smallest absolute Gasteiger partial charge is 0.182 e. The van der Waals surface area contributed by atoms with Crippen molar-refractivity contribution in [3.63, 3.8) is 0 Å². The van der Waals surface area contributed by atoms with E-state index in [1.54, 1.807) is 0 Å². The van der Waals surface area contributed by atoms with Crippen molar-refractivity contribution in [3.8, 4) is 0 Å². The molecule has 1 aliphatic carbocycles. The Bertz CT molecular complexity index is 419. The van der Waals surface area contributed by atoms with Gasteiger partial charge in [-0.15, -0.1) is 0 Å². The predicted molar refractivity (Wildman–Crippen MR) is 74.8 cm³/mol. The third-order valence-corrected chi connectivity index (χ3v) is 3.93. The van der Waals surface area contributed by atoms with Crippen LogP contribution in [-0.4, -0.2) is 11.3 Å². The fourth-order valence-electron chi connectivity index (χ4n) is 2.85. The van der Waals surface area contributed by atoms with Gasteiger partial charge in [-0.2, -0.15) is 0 Å². The van der Waals surface area contributed by atoms with Crippen LogP contribution in [-0.2, 0) is 6.42 Å². The van der Waals surface area contributed by atoms with Crippen LogP contribution in [0.1, 0.15) is 61.4 Å². The number of Topliss-reactive ketones (excluding diaryl/α,β-unsaturated/α-hetero) is 1. The number of hydrogen-bond donors (Lipinski definition) is 1. The molecule has 0 saturated heterocycles. The number of nitrogens with two attached hydrogens (primary N) is 1. The zero-order chi connectivity index (χ0) is 13.0. The van der Waals surface area contributed by atoms with Crippen LogP contribution in [0.3, 0.4) is 0 Å². The molecule has 1 aromatic carbocycles. The highest BCUT2D eigenvalue weighted by Gasteiger charge is 2.35. The SMILES string of the molecule is CCCc1cccc(C(=O)C2(N)CCCCC2)c1. The summed E-state index contributed by atoms with van der Waals surface area (Å²) >= 11 is 0. The van der Waals surface area contributed by atoms with Crippen LogP contribution in [0, 0.1) is 0 Å². The fourth-order valence-corrected chi connectivity index (χ4v) is 2.85. The maximum Gasteiger partial charge on any atom is 0.182 e. The van der Waals surface area contributed by atoms with Crippen molar-refractivity contribution in [1.29, 1.82) is 0 Å². The molecular formula is C16H23NO. The van der Waals surface area contributed by atoms with Crippen LogP contribution in [0.25, 0.3) is 0 Å². The van der Waals surface area contributed by atoms with E-state index in [9.17, 15) is 4.79 Å². The molecule has 18 heavy (non-hydrogen) atoms. The number of carbonyl (C=O) groups excluding carboxylic acids is 1. The van der Waals surface area contributed by atoms with Gasteiger partial charge >= 0.3 is 0 Å². The monoisotopic (exact) mass is 245 g/mol. The van der Waals surface area contributed by atoms with Gasteiger partial charge in [-0.05, 0) is 30.9 Å². The molecule has 1 fully saturated rings. The second-order valence-electron chi connectivity index (χ2n) is 5.50. The maximum absolute atomic E-state index is 12.6. The molecule has 2 nitrogen and oxygen atoms in total. The Morgan fingerprint density at radius 2 is 2.00 bits per heavy atom. The van der Waals surface area contributed by atoms with Crippen molar-refractivity contribution in [1.82, 2.24) is 0 Å². The number of aryl methyl sites for hydroxylation is 1. The van der Waals surface area contributed by atoms with Gasteiger partial charge in [0.15, 0.2) is 5.78 Å². The highest BCUT2D eigenvalue weighted by molar-refractivity contribution is 6.03. The number of hydrogen-bond acceptors (Lipinski definition) is 2. The molecule has 0 amide bonds. The molecule has 0 unspecified atom stereocenters. The summed E-state index contributed by atoms with van der Waals surface area (Å²) in [6.45, 7) is 2.15. The van der Waals surface area contributed by atoms with Crippen LogP contribution in [0.15, 0.2) is 24.3 Å². The first-order valence-electron chi connectivity index (χ1n) is 7.08. The second kappa shape index (κ2) is 5.66. The molecular weight excluding hydrogens is 222 g/mol. The molecule has 0 atom stereocenters. The molecule has 2 N–H and O–H groups in total. The lowest BCUT2D eigenvalue weighted by Gasteiger charge is -2.31. The van der Waals surface area contributed by atoms with Crippen molar-refractivity contribution < 1.29 is 4.79 Å². The first kappa shape index (κ1) is 13.3. The minimum absolute atomic E-state index is 0.139. The Balaban J connectivity index is 2.19. The summed E-state index contributed by atoms with van der Waals surface area (Å²) in [5.74, 6) is 0.139. The van der Waals surface area contributed by atoms with Gasteiger partial charge in [-0.3, -0.25) is 4.79 Å². The summed E-state index contributed by atoms with van der Waals surface area (Å²) in [4.78, 5) is 12.6. The van der Waals surface area contributed by atoms with Crippen molar-refractivity contribution >= 4 is 5.78 Å². The lowest BCUT2D eigenvalue weighted by molar-refractivity contribution is 0.0848. The van der Waals surface area contributed by atoms with Gasteiger partial charge in [0.25, 0.3) is 0 Å². The minimum atomic E-state index is -0.608. The van der Waals surface area contributed by atoms with Crippen molar-refractivity contribution in [2.24, 2.45) is 5.73 Å². The van der Waals surface area contributed by atoms with Gasteiger partial charge in [0, 0.05) is 5.56 Å². The predicted octanol–water partition coefficient (Wildman–Crippen LogP) is 3.48. The molecule has 0 aliphatic heterocycles. The Hall–Kier alpha value is -1.15. The van der Waals surface area contributed by atoms with Crippen LogP contribution in [0.5, 0.6) is 0 Å². The molecule has 2 heteroatoms. The largest absolute Gasteiger partial charge is 0.319 e.